The molecule has 5 nitrogen and oxygen atoms in total. The lowest BCUT2D eigenvalue weighted by Crippen LogP contribution is -2.58. The lowest BCUT2D eigenvalue weighted by molar-refractivity contribution is -0.308. The molecule has 0 radical (unpaired) electrons. The van der Waals surface area contributed by atoms with Gasteiger partial charge < -0.3 is 18.9 Å². The van der Waals surface area contributed by atoms with E-state index in [1.807, 2.05) is 30.3 Å². The van der Waals surface area contributed by atoms with Crippen molar-refractivity contribution in [2.45, 2.75) is 50.8 Å². The molecule has 0 spiro atoms. The Morgan fingerprint density at radius 2 is 2.04 bits per heavy atom. The van der Waals surface area contributed by atoms with Crippen molar-refractivity contribution in [3.05, 3.63) is 35.9 Å². The SMILES string of the molecule is CCS[C@@H]1OC2COC(c3ccccc3)O[C@H]2[C@H](C)C1OC(C)=O. The van der Waals surface area contributed by atoms with Gasteiger partial charge >= 0.3 is 5.97 Å². The maximum atomic E-state index is 11.5. The van der Waals surface area contributed by atoms with Crippen molar-refractivity contribution in [3.8, 4) is 0 Å². The smallest absolute Gasteiger partial charge is 0.303 e. The molecule has 0 saturated carbocycles. The second-order valence-electron chi connectivity index (χ2n) is 6.11. The summed E-state index contributed by atoms with van der Waals surface area (Å²) in [5.41, 5.74) is 0.799. The highest BCUT2D eigenvalue weighted by molar-refractivity contribution is 7.99. The number of rotatable bonds is 4. The van der Waals surface area contributed by atoms with Crippen LogP contribution in [0.15, 0.2) is 30.3 Å². The third-order valence-electron chi connectivity index (χ3n) is 4.38. The van der Waals surface area contributed by atoms with Crippen LogP contribution in [-0.4, -0.2) is 42.1 Å². The molecule has 3 unspecified atom stereocenters. The molecule has 0 amide bonds. The van der Waals surface area contributed by atoms with Crippen molar-refractivity contribution in [1.82, 2.24) is 0 Å². The number of carbonyl (C=O) groups excluding carboxylic acids is 1. The van der Waals surface area contributed by atoms with Crippen molar-refractivity contribution in [1.29, 1.82) is 0 Å². The average molecular weight is 352 g/mol. The molecule has 0 N–H and O–H groups in total. The lowest BCUT2D eigenvalue weighted by Gasteiger charge is -2.48. The second kappa shape index (κ2) is 7.87. The normalized spacial score (nSPS) is 36.0. The third-order valence-corrected chi connectivity index (χ3v) is 5.42. The Morgan fingerprint density at radius 1 is 1.29 bits per heavy atom. The van der Waals surface area contributed by atoms with E-state index in [0.29, 0.717) is 6.61 Å². The first-order chi connectivity index (χ1) is 11.6. The summed E-state index contributed by atoms with van der Waals surface area (Å²) in [6.07, 6.45) is -1.03. The Labute approximate surface area is 147 Å². The zero-order valence-corrected chi connectivity index (χ0v) is 15.0. The van der Waals surface area contributed by atoms with Crippen molar-refractivity contribution < 1.29 is 23.7 Å². The Hall–Kier alpha value is -1.08. The zero-order chi connectivity index (χ0) is 17.1. The van der Waals surface area contributed by atoms with Gasteiger partial charge in [-0.1, -0.05) is 44.2 Å². The predicted molar refractivity (Wildman–Crippen MR) is 91.5 cm³/mol. The highest BCUT2D eigenvalue weighted by Crippen LogP contribution is 2.40. The topological polar surface area (TPSA) is 54.0 Å². The predicted octanol–water partition coefficient (Wildman–Crippen LogP) is 3.15. The molecule has 1 aromatic carbocycles. The summed E-state index contributed by atoms with van der Waals surface area (Å²) in [5, 5.41) is 0. The quantitative estimate of drug-likeness (QED) is 0.776. The first-order valence-electron chi connectivity index (χ1n) is 8.36. The molecule has 2 saturated heterocycles. The summed E-state index contributed by atoms with van der Waals surface area (Å²) in [5.74, 6) is 0.634. The van der Waals surface area contributed by atoms with Crippen molar-refractivity contribution in [3.63, 3.8) is 0 Å². The molecule has 1 aromatic rings. The third kappa shape index (κ3) is 3.77. The molecule has 2 fully saturated rings. The minimum atomic E-state index is -0.410. The number of esters is 1. The van der Waals surface area contributed by atoms with Crippen LogP contribution in [0.25, 0.3) is 0 Å². The van der Waals surface area contributed by atoms with Gasteiger partial charge in [0.2, 0.25) is 0 Å². The molecular weight excluding hydrogens is 328 g/mol. The fourth-order valence-electron chi connectivity index (χ4n) is 3.25. The van der Waals surface area contributed by atoms with Crippen LogP contribution >= 0.6 is 11.8 Å². The number of ether oxygens (including phenoxy) is 4. The standard InChI is InChI=1S/C18H24O5S/c1-4-24-18-16(21-12(3)19)11(2)15-14(22-18)10-20-17(23-15)13-8-6-5-7-9-13/h5-9,11,14-18H,4,10H2,1-3H3/t11-,14?,15-,16?,17?,18-/m0/s1. The van der Waals surface area contributed by atoms with Gasteiger partial charge in [0.15, 0.2) is 6.29 Å². The van der Waals surface area contributed by atoms with E-state index in [-0.39, 0.29) is 35.6 Å². The molecule has 2 aliphatic rings. The van der Waals surface area contributed by atoms with Gasteiger partial charge in [-0.15, -0.1) is 11.8 Å². The number of thioether (sulfide) groups is 1. The van der Waals surface area contributed by atoms with E-state index in [1.54, 1.807) is 11.8 Å². The van der Waals surface area contributed by atoms with Gasteiger partial charge in [-0.2, -0.15) is 0 Å². The van der Waals surface area contributed by atoms with Crippen LogP contribution in [0.3, 0.4) is 0 Å². The fraction of sp³-hybridized carbons (Fsp3) is 0.611. The summed E-state index contributed by atoms with van der Waals surface area (Å²) in [6, 6.07) is 9.86. The molecule has 0 bridgehead atoms. The minimum Gasteiger partial charge on any atom is -0.458 e. The molecule has 24 heavy (non-hydrogen) atoms. The maximum absolute atomic E-state index is 11.5. The number of fused-ring (bicyclic) bond motifs is 1. The monoisotopic (exact) mass is 352 g/mol. The summed E-state index contributed by atoms with van der Waals surface area (Å²) in [6.45, 7) is 6.03. The Kier molecular flexibility index (Phi) is 5.81. The molecule has 0 aliphatic carbocycles. The van der Waals surface area contributed by atoms with Crippen LogP contribution in [0.4, 0.5) is 0 Å². The van der Waals surface area contributed by atoms with E-state index in [0.717, 1.165) is 11.3 Å². The minimum absolute atomic E-state index is 0.0341. The van der Waals surface area contributed by atoms with Crippen LogP contribution in [0, 0.1) is 5.92 Å². The van der Waals surface area contributed by atoms with E-state index in [9.17, 15) is 4.79 Å². The van der Waals surface area contributed by atoms with Gasteiger partial charge in [-0.25, -0.2) is 0 Å². The summed E-state index contributed by atoms with van der Waals surface area (Å²) >= 11 is 1.65. The van der Waals surface area contributed by atoms with Gasteiger partial charge in [0.05, 0.1) is 12.7 Å². The van der Waals surface area contributed by atoms with Crippen molar-refractivity contribution in [2.75, 3.05) is 12.4 Å². The molecule has 132 valence electrons. The number of carbonyl (C=O) groups is 1. The number of benzene rings is 1. The maximum Gasteiger partial charge on any atom is 0.303 e. The van der Waals surface area contributed by atoms with Gasteiger partial charge in [0.25, 0.3) is 0 Å². The first kappa shape index (κ1) is 17.7. The van der Waals surface area contributed by atoms with Crippen molar-refractivity contribution in [2.24, 2.45) is 5.92 Å². The zero-order valence-electron chi connectivity index (χ0n) is 14.2. The van der Waals surface area contributed by atoms with E-state index >= 15 is 0 Å². The second-order valence-corrected chi connectivity index (χ2v) is 7.48. The van der Waals surface area contributed by atoms with Crippen LogP contribution in [-0.2, 0) is 23.7 Å². The lowest BCUT2D eigenvalue weighted by atomic mass is 9.90. The molecule has 2 heterocycles. The Morgan fingerprint density at radius 3 is 2.71 bits per heavy atom. The van der Waals surface area contributed by atoms with Crippen molar-refractivity contribution >= 4 is 17.7 Å². The van der Waals surface area contributed by atoms with Crippen LogP contribution in [0.5, 0.6) is 0 Å². The molecule has 6 heteroatoms. The van der Waals surface area contributed by atoms with Crippen LogP contribution in [0.1, 0.15) is 32.6 Å². The Balaban J connectivity index is 1.76. The molecule has 3 rings (SSSR count). The van der Waals surface area contributed by atoms with E-state index in [4.69, 9.17) is 18.9 Å². The van der Waals surface area contributed by atoms with Crippen LogP contribution < -0.4 is 0 Å². The Bertz CT molecular complexity index is 552. The van der Waals surface area contributed by atoms with E-state index < -0.39 is 6.29 Å². The molecule has 2 aliphatic heterocycles. The van der Waals surface area contributed by atoms with E-state index in [2.05, 4.69) is 13.8 Å². The van der Waals surface area contributed by atoms with Crippen LogP contribution in [0.2, 0.25) is 0 Å². The summed E-state index contributed by atoms with van der Waals surface area (Å²) in [4.78, 5) is 11.5. The van der Waals surface area contributed by atoms with Gasteiger partial charge in [0, 0.05) is 18.4 Å². The van der Waals surface area contributed by atoms with E-state index in [1.165, 1.54) is 6.92 Å². The summed E-state index contributed by atoms with van der Waals surface area (Å²) < 4.78 is 23.7. The highest BCUT2D eigenvalue weighted by Gasteiger charge is 2.49. The highest BCUT2D eigenvalue weighted by atomic mass is 32.2. The summed E-state index contributed by atoms with van der Waals surface area (Å²) in [7, 11) is 0. The van der Waals surface area contributed by atoms with Gasteiger partial charge in [-0.05, 0) is 5.75 Å². The number of hydrogen-bond donors (Lipinski definition) is 0. The molecule has 0 aromatic heterocycles. The average Bonchev–Trinajstić information content (AvgIpc) is 2.59. The largest absolute Gasteiger partial charge is 0.458 e. The van der Waals surface area contributed by atoms with Gasteiger partial charge in [0.1, 0.15) is 17.6 Å². The van der Waals surface area contributed by atoms with Gasteiger partial charge in [-0.3, -0.25) is 4.79 Å². The fourth-order valence-corrected chi connectivity index (χ4v) is 4.29. The number of hydrogen-bond acceptors (Lipinski definition) is 6. The molecular formula is C18H24O5S. The molecule has 6 atom stereocenters. The first-order valence-corrected chi connectivity index (χ1v) is 9.41.